The smallest absolute Gasteiger partial charge is 0.0247 e. The van der Waals surface area contributed by atoms with Crippen molar-refractivity contribution in [2.24, 2.45) is 5.92 Å². The summed E-state index contributed by atoms with van der Waals surface area (Å²) in [5.74, 6) is 7.07. The van der Waals surface area contributed by atoms with E-state index in [1.165, 1.54) is 5.56 Å². The number of rotatable bonds is 2. The predicted molar refractivity (Wildman–Crippen MR) is 73.5 cm³/mol. The molecule has 0 saturated carbocycles. The van der Waals surface area contributed by atoms with E-state index in [-0.39, 0.29) is 0 Å². The number of benzene rings is 1. The molecule has 0 spiro atoms. The minimum Gasteiger partial charge on any atom is -0.0976 e. The third kappa shape index (κ3) is 6.30. The number of hydrogen-bond acceptors (Lipinski definition) is 0. The van der Waals surface area contributed by atoms with Crippen molar-refractivity contribution in [3.05, 3.63) is 35.4 Å². The van der Waals surface area contributed by atoms with Crippen molar-refractivity contribution in [3.63, 3.8) is 0 Å². The molecule has 0 heterocycles. The van der Waals surface area contributed by atoms with Crippen molar-refractivity contribution in [2.45, 2.75) is 47.5 Å². The molecule has 0 radical (unpaired) electrons. The topological polar surface area (TPSA) is 0 Å². The van der Waals surface area contributed by atoms with E-state index in [1.807, 2.05) is 13.8 Å². The van der Waals surface area contributed by atoms with Gasteiger partial charge in [-0.3, -0.25) is 0 Å². The highest BCUT2D eigenvalue weighted by atomic mass is 14.0. The van der Waals surface area contributed by atoms with Crippen molar-refractivity contribution in [1.82, 2.24) is 0 Å². The van der Waals surface area contributed by atoms with E-state index in [0.29, 0.717) is 5.92 Å². The Morgan fingerprint density at radius 3 is 2.44 bits per heavy atom. The van der Waals surface area contributed by atoms with E-state index >= 15 is 0 Å². The molecule has 1 rings (SSSR count). The number of hydrogen-bond donors (Lipinski definition) is 0. The molecule has 0 amide bonds. The Kier molecular flexibility index (Phi) is 8.35. The van der Waals surface area contributed by atoms with Gasteiger partial charge in [0.25, 0.3) is 0 Å². The van der Waals surface area contributed by atoms with Gasteiger partial charge in [0.15, 0.2) is 0 Å². The van der Waals surface area contributed by atoms with Crippen molar-refractivity contribution in [1.29, 1.82) is 0 Å². The summed E-state index contributed by atoms with van der Waals surface area (Å²) in [7, 11) is 0. The van der Waals surface area contributed by atoms with Crippen LogP contribution in [0.5, 0.6) is 0 Å². The molecule has 0 aliphatic heterocycles. The quantitative estimate of drug-likeness (QED) is 0.630. The molecule has 16 heavy (non-hydrogen) atoms. The second-order valence-corrected chi connectivity index (χ2v) is 3.95. The molecular weight excluding hydrogens is 192 g/mol. The van der Waals surface area contributed by atoms with E-state index < -0.39 is 0 Å². The first-order valence-corrected chi connectivity index (χ1v) is 6.30. The lowest BCUT2D eigenvalue weighted by Gasteiger charge is -1.96. The van der Waals surface area contributed by atoms with Crippen LogP contribution in [0.25, 0.3) is 0 Å². The second-order valence-electron chi connectivity index (χ2n) is 3.95. The Morgan fingerprint density at radius 2 is 1.88 bits per heavy atom. The Morgan fingerprint density at radius 1 is 1.19 bits per heavy atom. The van der Waals surface area contributed by atoms with Crippen molar-refractivity contribution in [2.75, 3.05) is 0 Å². The van der Waals surface area contributed by atoms with E-state index in [9.17, 15) is 0 Å². The third-order valence-corrected chi connectivity index (χ3v) is 2.08. The van der Waals surface area contributed by atoms with Gasteiger partial charge < -0.3 is 0 Å². The molecule has 88 valence electrons. The van der Waals surface area contributed by atoms with Crippen LogP contribution < -0.4 is 0 Å². The summed E-state index contributed by atoms with van der Waals surface area (Å²) in [4.78, 5) is 0. The second kappa shape index (κ2) is 9.04. The molecule has 0 nitrogen and oxygen atoms in total. The van der Waals surface area contributed by atoms with Gasteiger partial charge in [-0.25, -0.2) is 0 Å². The zero-order valence-corrected chi connectivity index (χ0v) is 11.3. The fourth-order valence-electron chi connectivity index (χ4n) is 1.23. The van der Waals surface area contributed by atoms with Crippen LogP contribution in [0.1, 0.15) is 52.2 Å². The molecule has 1 aromatic rings. The average Bonchev–Trinajstić information content (AvgIpc) is 2.31. The van der Waals surface area contributed by atoms with Crippen LogP contribution in [0.15, 0.2) is 24.3 Å². The molecule has 0 bridgehead atoms. The maximum absolute atomic E-state index is 3.20. The van der Waals surface area contributed by atoms with Crippen LogP contribution in [0.2, 0.25) is 0 Å². The highest BCUT2D eigenvalue weighted by Gasteiger charge is 1.90. The lowest BCUT2D eigenvalue weighted by molar-refractivity contribution is 0.676. The summed E-state index contributed by atoms with van der Waals surface area (Å²) in [6.45, 7) is 10.6. The third-order valence-electron chi connectivity index (χ3n) is 2.08. The van der Waals surface area contributed by atoms with Crippen LogP contribution >= 0.6 is 0 Å². The van der Waals surface area contributed by atoms with E-state index in [4.69, 9.17) is 0 Å². The predicted octanol–water partition coefficient (Wildman–Crippen LogP) is 4.67. The molecule has 0 fully saturated rings. The first-order chi connectivity index (χ1) is 7.72. The van der Waals surface area contributed by atoms with Crippen LogP contribution in [0.4, 0.5) is 0 Å². The van der Waals surface area contributed by atoms with Crippen molar-refractivity contribution in [3.8, 4) is 11.8 Å². The summed E-state index contributed by atoms with van der Waals surface area (Å²) >= 11 is 0. The van der Waals surface area contributed by atoms with Crippen LogP contribution in [0.3, 0.4) is 0 Å². The summed E-state index contributed by atoms with van der Waals surface area (Å²) in [6, 6.07) is 8.48. The highest BCUT2D eigenvalue weighted by molar-refractivity contribution is 5.37. The lowest BCUT2D eigenvalue weighted by Crippen LogP contribution is -1.84. The summed E-state index contributed by atoms with van der Waals surface area (Å²) in [5.41, 5.74) is 2.51. The van der Waals surface area contributed by atoms with Crippen LogP contribution in [-0.2, 0) is 6.42 Å². The first kappa shape index (κ1) is 14.8. The molecule has 0 unspecified atom stereocenters. The molecule has 1 aromatic carbocycles. The molecule has 0 aromatic heterocycles. The fourth-order valence-corrected chi connectivity index (χ4v) is 1.23. The Hall–Kier alpha value is -1.22. The molecule has 0 atom stereocenters. The fraction of sp³-hybridized carbons (Fsp3) is 0.500. The van der Waals surface area contributed by atoms with Gasteiger partial charge >= 0.3 is 0 Å². The normalized spacial score (nSPS) is 8.88. The van der Waals surface area contributed by atoms with Crippen LogP contribution in [-0.4, -0.2) is 0 Å². The SMILES string of the molecule is CC.CCc1cccc(C#CCC(C)C)c1. The number of aryl methyl sites for hydroxylation is 1. The molecule has 0 aliphatic rings. The minimum atomic E-state index is 0.664. The zero-order chi connectivity index (χ0) is 12.4. The Bertz CT molecular complexity index is 337. The first-order valence-electron chi connectivity index (χ1n) is 6.30. The van der Waals surface area contributed by atoms with Gasteiger partial charge in [0.1, 0.15) is 0 Å². The maximum atomic E-state index is 3.20. The molecule has 0 saturated heterocycles. The van der Waals surface area contributed by atoms with Gasteiger partial charge in [-0.1, -0.05) is 58.6 Å². The molecular formula is C16H24. The van der Waals surface area contributed by atoms with E-state index in [0.717, 1.165) is 18.4 Å². The van der Waals surface area contributed by atoms with Gasteiger partial charge in [0, 0.05) is 12.0 Å². The average molecular weight is 216 g/mol. The molecule has 0 heteroatoms. The molecule has 0 aliphatic carbocycles. The van der Waals surface area contributed by atoms with Gasteiger partial charge in [-0.2, -0.15) is 0 Å². The lowest BCUT2D eigenvalue weighted by atomic mass is 10.1. The summed E-state index contributed by atoms with van der Waals surface area (Å²) < 4.78 is 0. The monoisotopic (exact) mass is 216 g/mol. The largest absolute Gasteiger partial charge is 0.0976 e. The zero-order valence-electron chi connectivity index (χ0n) is 11.3. The maximum Gasteiger partial charge on any atom is 0.0247 e. The molecule has 0 N–H and O–H groups in total. The van der Waals surface area contributed by atoms with Gasteiger partial charge in [0.05, 0.1) is 0 Å². The van der Waals surface area contributed by atoms with Crippen LogP contribution in [0, 0.1) is 17.8 Å². The highest BCUT2D eigenvalue weighted by Crippen LogP contribution is 2.05. The summed E-state index contributed by atoms with van der Waals surface area (Å²) in [5, 5.41) is 0. The van der Waals surface area contributed by atoms with E-state index in [1.54, 1.807) is 0 Å². The van der Waals surface area contributed by atoms with Crippen molar-refractivity contribution >= 4 is 0 Å². The van der Waals surface area contributed by atoms with Gasteiger partial charge in [-0.05, 0) is 30.0 Å². The van der Waals surface area contributed by atoms with Gasteiger partial charge in [-0.15, -0.1) is 0 Å². The Balaban J connectivity index is 0.00000106. The summed E-state index contributed by atoms with van der Waals surface area (Å²) in [6.07, 6.45) is 2.07. The standard InChI is InChI=1S/C14H18.C2H6/c1-4-13-8-6-10-14(11-13)9-5-7-12(2)3;1-2/h6,8,10-12H,4,7H2,1-3H3;1-2H3. The van der Waals surface area contributed by atoms with Gasteiger partial charge in [0.2, 0.25) is 0 Å². The van der Waals surface area contributed by atoms with E-state index in [2.05, 4.69) is 56.9 Å². The van der Waals surface area contributed by atoms with Crippen molar-refractivity contribution < 1.29 is 0 Å². The Labute approximate surface area is 101 Å². The minimum absolute atomic E-state index is 0.664.